The molecule has 17 heavy (non-hydrogen) atoms. The van der Waals surface area contributed by atoms with Gasteiger partial charge in [0.05, 0.1) is 6.10 Å². The van der Waals surface area contributed by atoms with E-state index in [1.165, 1.54) is 51.6 Å². The molecule has 0 aromatic rings. The van der Waals surface area contributed by atoms with Crippen LogP contribution in [0.2, 0.25) is 0 Å². The lowest BCUT2D eigenvalue weighted by Crippen LogP contribution is -2.55. The van der Waals surface area contributed by atoms with E-state index in [0.29, 0.717) is 0 Å². The number of hydrogen-bond acceptors (Lipinski definition) is 2. The second-order valence-corrected chi connectivity index (χ2v) is 5.77. The molecule has 2 unspecified atom stereocenters. The van der Waals surface area contributed by atoms with Crippen LogP contribution in [0.5, 0.6) is 0 Å². The molecule has 0 amide bonds. The molecule has 102 valence electrons. The van der Waals surface area contributed by atoms with Crippen molar-refractivity contribution >= 4 is 0 Å². The first kappa shape index (κ1) is 15.0. The number of aliphatic hydroxyl groups is 1. The van der Waals surface area contributed by atoms with Gasteiger partial charge >= 0.3 is 0 Å². The fourth-order valence-corrected chi connectivity index (χ4v) is 2.97. The van der Waals surface area contributed by atoms with Gasteiger partial charge in [-0.1, -0.05) is 39.5 Å². The number of likely N-dealkylation sites (tertiary alicyclic amines) is 1. The monoisotopic (exact) mass is 241 g/mol. The zero-order valence-electron chi connectivity index (χ0n) is 12.0. The summed E-state index contributed by atoms with van der Waals surface area (Å²) in [4.78, 5) is 2.53. The van der Waals surface area contributed by atoms with Crippen molar-refractivity contribution in [2.24, 2.45) is 0 Å². The van der Waals surface area contributed by atoms with Crippen LogP contribution in [0, 0.1) is 0 Å². The molecular formula is C15H31NO. The summed E-state index contributed by atoms with van der Waals surface area (Å²) in [7, 11) is 0. The van der Waals surface area contributed by atoms with Crippen molar-refractivity contribution in [3.05, 3.63) is 0 Å². The normalized spacial score (nSPS) is 23.3. The van der Waals surface area contributed by atoms with Gasteiger partial charge in [-0.05, 0) is 45.7 Å². The fourth-order valence-electron chi connectivity index (χ4n) is 2.97. The summed E-state index contributed by atoms with van der Waals surface area (Å²) >= 11 is 0. The van der Waals surface area contributed by atoms with Gasteiger partial charge in [0.1, 0.15) is 0 Å². The number of aliphatic hydroxyl groups excluding tert-OH is 1. The average molecular weight is 241 g/mol. The summed E-state index contributed by atoms with van der Waals surface area (Å²) in [5.74, 6) is 0. The standard InChI is InChI=1S/C15H31NO/c1-4-6-8-11-14(17)15(3,5-2)16-12-9-7-10-13-16/h14,17H,4-13H2,1-3H3. The molecule has 2 atom stereocenters. The van der Waals surface area contributed by atoms with Crippen LogP contribution in [0.25, 0.3) is 0 Å². The van der Waals surface area contributed by atoms with E-state index < -0.39 is 0 Å². The Morgan fingerprint density at radius 1 is 1.12 bits per heavy atom. The first-order chi connectivity index (χ1) is 8.15. The number of unbranched alkanes of at least 4 members (excludes halogenated alkanes) is 2. The topological polar surface area (TPSA) is 23.5 Å². The number of nitrogens with zero attached hydrogens (tertiary/aromatic N) is 1. The summed E-state index contributed by atoms with van der Waals surface area (Å²) < 4.78 is 0. The van der Waals surface area contributed by atoms with Crippen LogP contribution in [0.1, 0.15) is 72.1 Å². The van der Waals surface area contributed by atoms with Crippen molar-refractivity contribution in [3.63, 3.8) is 0 Å². The van der Waals surface area contributed by atoms with Crippen LogP contribution in [-0.2, 0) is 0 Å². The Bertz CT molecular complexity index is 201. The molecule has 0 aromatic carbocycles. The van der Waals surface area contributed by atoms with E-state index in [1.54, 1.807) is 0 Å². The van der Waals surface area contributed by atoms with Crippen molar-refractivity contribution in [1.29, 1.82) is 0 Å². The van der Waals surface area contributed by atoms with Crippen molar-refractivity contribution in [2.75, 3.05) is 13.1 Å². The maximum atomic E-state index is 10.5. The molecule has 1 aliphatic heterocycles. The number of hydrogen-bond donors (Lipinski definition) is 1. The predicted molar refractivity (Wildman–Crippen MR) is 74.3 cm³/mol. The van der Waals surface area contributed by atoms with Crippen molar-refractivity contribution in [2.45, 2.75) is 83.8 Å². The van der Waals surface area contributed by atoms with Crippen molar-refractivity contribution in [1.82, 2.24) is 4.90 Å². The SMILES string of the molecule is CCCCCC(O)C(C)(CC)N1CCCCC1. The number of piperidine rings is 1. The smallest absolute Gasteiger partial charge is 0.0721 e. The first-order valence-electron chi connectivity index (χ1n) is 7.58. The largest absolute Gasteiger partial charge is 0.391 e. The van der Waals surface area contributed by atoms with Crippen LogP contribution in [0.4, 0.5) is 0 Å². The van der Waals surface area contributed by atoms with Crippen LogP contribution in [0.15, 0.2) is 0 Å². The van der Waals surface area contributed by atoms with Gasteiger partial charge in [0.2, 0.25) is 0 Å². The highest BCUT2D eigenvalue weighted by molar-refractivity contribution is 4.93. The molecule has 0 bridgehead atoms. The zero-order chi connectivity index (χ0) is 12.7. The second kappa shape index (κ2) is 7.38. The Hall–Kier alpha value is -0.0800. The molecule has 1 fully saturated rings. The number of rotatable bonds is 7. The fraction of sp³-hybridized carbons (Fsp3) is 1.00. The lowest BCUT2D eigenvalue weighted by atomic mass is 9.85. The Morgan fingerprint density at radius 2 is 1.76 bits per heavy atom. The summed E-state index contributed by atoms with van der Waals surface area (Å²) in [5.41, 5.74) is 0.00810. The lowest BCUT2D eigenvalue weighted by Gasteiger charge is -2.46. The van der Waals surface area contributed by atoms with Gasteiger partial charge in [0.25, 0.3) is 0 Å². The van der Waals surface area contributed by atoms with E-state index in [2.05, 4.69) is 25.7 Å². The third kappa shape index (κ3) is 3.96. The maximum absolute atomic E-state index is 10.5. The molecule has 0 spiro atoms. The third-order valence-corrected chi connectivity index (χ3v) is 4.59. The minimum absolute atomic E-state index is 0.00810. The Labute approximate surface area is 107 Å². The molecule has 0 saturated carbocycles. The van der Waals surface area contributed by atoms with Crippen LogP contribution >= 0.6 is 0 Å². The van der Waals surface area contributed by atoms with Gasteiger partial charge in [-0.15, -0.1) is 0 Å². The molecule has 1 aliphatic rings. The highest BCUT2D eigenvalue weighted by Crippen LogP contribution is 2.29. The average Bonchev–Trinajstić information content (AvgIpc) is 2.39. The third-order valence-electron chi connectivity index (χ3n) is 4.59. The molecule has 2 nitrogen and oxygen atoms in total. The van der Waals surface area contributed by atoms with Gasteiger partial charge in [-0.25, -0.2) is 0 Å². The van der Waals surface area contributed by atoms with Crippen LogP contribution in [0.3, 0.4) is 0 Å². The minimum atomic E-state index is -0.155. The molecular weight excluding hydrogens is 210 g/mol. The van der Waals surface area contributed by atoms with Crippen molar-refractivity contribution in [3.8, 4) is 0 Å². The minimum Gasteiger partial charge on any atom is -0.391 e. The van der Waals surface area contributed by atoms with E-state index >= 15 is 0 Å². The Kier molecular flexibility index (Phi) is 6.50. The summed E-state index contributed by atoms with van der Waals surface area (Å²) in [6, 6.07) is 0. The zero-order valence-corrected chi connectivity index (χ0v) is 12.0. The summed E-state index contributed by atoms with van der Waals surface area (Å²) in [5, 5.41) is 10.5. The Morgan fingerprint density at radius 3 is 2.29 bits per heavy atom. The molecule has 0 radical (unpaired) electrons. The second-order valence-electron chi connectivity index (χ2n) is 5.77. The van der Waals surface area contributed by atoms with E-state index in [-0.39, 0.29) is 11.6 Å². The van der Waals surface area contributed by atoms with Crippen LogP contribution in [-0.4, -0.2) is 34.7 Å². The van der Waals surface area contributed by atoms with Gasteiger partial charge in [-0.3, -0.25) is 4.90 Å². The maximum Gasteiger partial charge on any atom is 0.0721 e. The highest BCUT2D eigenvalue weighted by atomic mass is 16.3. The van der Waals surface area contributed by atoms with Gasteiger partial charge < -0.3 is 5.11 Å². The summed E-state index contributed by atoms with van der Waals surface area (Å²) in [6.07, 6.45) is 9.49. The quantitative estimate of drug-likeness (QED) is 0.689. The van der Waals surface area contributed by atoms with E-state index in [9.17, 15) is 5.11 Å². The summed E-state index contributed by atoms with van der Waals surface area (Å²) in [6.45, 7) is 9.05. The molecule has 0 aliphatic carbocycles. The molecule has 0 aromatic heterocycles. The molecule has 1 rings (SSSR count). The van der Waals surface area contributed by atoms with E-state index in [0.717, 1.165) is 12.8 Å². The molecule has 1 N–H and O–H groups in total. The van der Waals surface area contributed by atoms with Gasteiger partial charge in [0.15, 0.2) is 0 Å². The lowest BCUT2D eigenvalue weighted by molar-refractivity contribution is -0.0379. The van der Waals surface area contributed by atoms with Crippen molar-refractivity contribution < 1.29 is 5.11 Å². The van der Waals surface area contributed by atoms with E-state index in [1.807, 2.05) is 0 Å². The molecule has 1 saturated heterocycles. The van der Waals surface area contributed by atoms with Gasteiger partial charge in [0, 0.05) is 5.54 Å². The molecule has 2 heteroatoms. The van der Waals surface area contributed by atoms with E-state index in [4.69, 9.17) is 0 Å². The predicted octanol–water partition coefficient (Wildman–Crippen LogP) is 3.58. The van der Waals surface area contributed by atoms with Gasteiger partial charge in [-0.2, -0.15) is 0 Å². The van der Waals surface area contributed by atoms with Crippen LogP contribution < -0.4 is 0 Å². The Balaban J connectivity index is 2.52. The molecule has 1 heterocycles. The first-order valence-corrected chi connectivity index (χ1v) is 7.58. The highest BCUT2D eigenvalue weighted by Gasteiger charge is 2.37.